The highest BCUT2D eigenvalue weighted by molar-refractivity contribution is 7.89. The van der Waals surface area contributed by atoms with Crippen molar-refractivity contribution < 1.29 is 18.3 Å². The van der Waals surface area contributed by atoms with Gasteiger partial charge in [0.15, 0.2) is 0 Å². The molecule has 16 heavy (non-hydrogen) atoms. The van der Waals surface area contributed by atoms with Crippen molar-refractivity contribution in [2.75, 3.05) is 18.8 Å². The Balaban J connectivity index is 2.77. The molecule has 1 aliphatic heterocycles. The van der Waals surface area contributed by atoms with Crippen LogP contribution in [0.25, 0.3) is 0 Å². The maximum absolute atomic E-state index is 11.7. The van der Waals surface area contributed by atoms with Crippen LogP contribution in [0.4, 0.5) is 0 Å². The van der Waals surface area contributed by atoms with E-state index in [1.807, 2.05) is 6.92 Å². The first kappa shape index (κ1) is 13.4. The molecular formula is C10H19NO4S. The van der Waals surface area contributed by atoms with Crippen molar-refractivity contribution in [2.45, 2.75) is 20.8 Å². The van der Waals surface area contributed by atoms with E-state index in [1.54, 1.807) is 13.8 Å². The van der Waals surface area contributed by atoms with Crippen molar-refractivity contribution in [1.82, 2.24) is 4.31 Å². The monoisotopic (exact) mass is 249 g/mol. The lowest BCUT2D eigenvalue weighted by Gasteiger charge is -2.22. The van der Waals surface area contributed by atoms with Crippen molar-refractivity contribution in [2.24, 2.45) is 17.8 Å². The zero-order chi connectivity index (χ0) is 12.5. The fourth-order valence-corrected chi connectivity index (χ4v) is 3.87. The second kappa shape index (κ2) is 4.71. The average Bonchev–Trinajstić information content (AvgIpc) is 2.33. The smallest absolute Gasteiger partial charge is 0.308 e. The van der Waals surface area contributed by atoms with Crippen LogP contribution in [0.5, 0.6) is 0 Å². The zero-order valence-electron chi connectivity index (χ0n) is 9.88. The number of nitrogens with zero attached hydrogens (tertiary/aromatic N) is 1. The molecule has 0 bridgehead atoms. The zero-order valence-corrected chi connectivity index (χ0v) is 10.7. The summed E-state index contributed by atoms with van der Waals surface area (Å²) in [6, 6.07) is 0. The first-order valence-corrected chi connectivity index (χ1v) is 7.05. The SMILES string of the molecule is CC1CN(CC(C(=O)O)C(C)C)S(=O)(=O)C1. The molecule has 0 aromatic carbocycles. The fourth-order valence-electron chi connectivity index (χ4n) is 1.96. The second-order valence-corrected chi connectivity index (χ2v) is 6.90. The summed E-state index contributed by atoms with van der Waals surface area (Å²) >= 11 is 0. The summed E-state index contributed by atoms with van der Waals surface area (Å²) in [7, 11) is -3.23. The number of sulfonamides is 1. The molecule has 0 aromatic heterocycles. The van der Waals surface area contributed by atoms with E-state index in [2.05, 4.69) is 0 Å². The molecule has 1 rings (SSSR count). The lowest BCUT2D eigenvalue weighted by molar-refractivity contribution is -0.143. The van der Waals surface area contributed by atoms with Crippen LogP contribution >= 0.6 is 0 Å². The second-order valence-electron chi connectivity index (χ2n) is 4.89. The molecule has 94 valence electrons. The Kier molecular flexibility index (Phi) is 3.96. The van der Waals surface area contributed by atoms with Gasteiger partial charge < -0.3 is 5.11 Å². The Bertz CT molecular complexity index is 363. The molecule has 0 radical (unpaired) electrons. The standard InChI is InChI=1S/C10H19NO4S/c1-7(2)9(10(12)13)5-11-4-8(3)6-16(11,14)15/h7-9H,4-6H2,1-3H3,(H,12,13). The predicted molar refractivity (Wildman–Crippen MR) is 60.5 cm³/mol. The average molecular weight is 249 g/mol. The molecule has 0 saturated carbocycles. The number of hydrogen-bond acceptors (Lipinski definition) is 3. The Morgan fingerprint density at radius 1 is 1.50 bits per heavy atom. The summed E-state index contributed by atoms with van der Waals surface area (Å²) < 4.78 is 24.7. The summed E-state index contributed by atoms with van der Waals surface area (Å²) in [5.74, 6) is -1.39. The Hall–Kier alpha value is -0.620. The van der Waals surface area contributed by atoms with Gasteiger partial charge in [0.25, 0.3) is 0 Å². The summed E-state index contributed by atoms with van der Waals surface area (Å²) in [4.78, 5) is 11.0. The first-order valence-electron chi connectivity index (χ1n) is 5.44. The van der Waals surface area contributed by atoms with Crippen LogP contribution in [-0.4, -0.2) is 42.6 Å². The van der Waals surface area contributed by atoms with E-state index in [0.29, 0.717) is 6.54 Å². The summed E-state index contributed by atoms with van der Waals surface area (Å²) in [6.45, 7) is 6.00. The lowest BCUT2D eigenvalue weighted by atomic mass is 9.96. The van der Waals surface area contributed by atoms with E-state index in [1.165, 1.54) is 4.31 Å². The molecule has 5 nitrogen and oxygen atoms in total. The molecule has 1 aliphatic rings. The van der Waals surface area contributed by atoms with E-state index >= 15 is 0 Å². The van der Waals surface area contributed by atoms with Gasteiger partial charge in [0.05, 0.1) is 11.7 Å². The van der Waals surface area contributed by atoms with Crippen LogP contribution in [-0.2, 0) is 14.8 Å². The van der Waals surface area contributed by atoms with E-state index in [9.17, 15) is 13.2 Å². The number of rotatable bonds is 4. The van der Waals surface area contributed by atoms with Gasteiger partial charge in [-0.25, -0.2) is 12.7 Å². The Morgan fingerprint density at radius 3 is 2.38 bits per heavy atom. The minimum absolute atomic E-state index is 0.0661. The summed E-state index contributed by atoms with van der Waals surface area (Å²) in [5.41, 5.74) is 0. The van der Waals surface area contributed by atoms with Gasteiger partial charge in [-0.2, -0.15) is 0 Å². The Labute approximate surface area is 96.5 Å². The summed E-state index contributed by atoms with van der Waals surface area (Å²) in [5, 5.41) is 9.02. The largest absolute Gasteiger partial charge is 0.481 e. The number of carboxylic acid groups (broad SMARTS) is 1. The van der Waals surface area contributed by atoms with Gasteiger partial charge in [0.2, 0.25) is 10.0 Å². The van der Waals surface area contributed by atoms with E-state index in [4.69, 9.17) is 5.11 Å². The highest BCUT2D eigenvalue weighted by Crippen LogP contribution is 2.22. The van der Waals surface area contributed by atoms with Gasteiger partial charge in [-0.3, -0.25) is 4.79 Å². The van der Waals surface area contributed by atoms with Crippen LogP contribution in [0, 0.1) is 17.8 Å². The van der Waals surface area contributed by atoms with Gasteiger partial charge in [0.1, 0.15) is 0 Å². The first-order chi connectivity index (χ1) is 7.24. The number of aliphatic carboxylic acids is 1. The van der Waals surface area contributed by atoms with Crippen LogP contribution in [0.2, 0.25) is 0 Å². The molecule has 1 N–H and O–H groups in total. The Morgan fingerprint density at radius 2 is 2.06 bits per heavy atom. The topological polar surface area (TPSA) is 74.7 Å². The molecule has 0 aromatic rings. The van der Waals surface area contributed by atoms with Crippen molar-refractivity contribution in [3.05, 3.63) is 0 Å². The van der Waals surface area contributed by atoms with Crippen molar-refractivity contribution in [3.8, 4) is 0 Å². The molecule has 2 atom stereocenters. The fraction of sp³-hybridized carbons (Fsp3) is 0.900. The van der Waals surface area contributed by atoms with Crippen molar-refractivity contribution >= 4 is 16.0 Å². The molecule has 0 amide bonds. The van der Waals surface area contributed by atoms with Crippen LogP contribution in [0.15, 0.2) is 0 Å². The van der Waals surface area contributed by atoms with Crippen LogP contribution < -0.4 is 0 Å². The van der Waals surface area contributed by atoms with Gasteiger partial charge >= 0.3 is 5.97 Å². The third-order valence-corrected chi connectivity index (χ3v) is 5.00. The van der Waals surface area contributed by atoms with Gasteiger partial charge in [0, 0.05) is 13.1 Å². The number of carbonyl (C=O) groups is 1. The highest BCUT2D eigenvalue weighted by Gasteiger charge is 2.37. The number of carboxylic acids is 1. The molecule has 2 unspecified atom stereocenters. The molecule has 1 fully saturated rings. The molecule has 0 aliphatic carbocycles. The van der Waals surface area contributed by atoms with E-state index < -0.39 is 21.9 Å². The predicted octanol–water partition coefficient (Wildman–Crippen LogP) is 0.625. The van der Waals surface area contributed by atoms with Crippen LogP contribution in [0.1, 0.15) is 20.8 Å². The normalized spacial score (nSPS) is 27.1. The lowest BCUT2D eigenvalue weighted by Crippen LogP contribution is -2.37. The van der Waals surface area contributed by atoms with E-state index in [0.717, 1.165) is 0 Å². The van der Waals surface area contributed by atoms with Crippen molar-refractivity contribution in [1.29, 1.82) is 0 Å². The maximum Gasteiger partial charge on any atom is 0.308 e. The molecule has 1 heterocycles. The summed E-state index contributed by atoms with van der Waals surface area (Å²) in [6.07, 6.45) is 0. The highest BCUT2D eigenvalue weighted by atomic mass is 32.2. The maximum atomic E-state index is 11.7. The minimum Gasteiger partial charge on any atom is -0.481 e. The third-order valence-electron chi connectivity index (χ3n) is 2.93. The third kappa shape index (κ3) is 2.95. The molecular weight excluding hydrogens is 230 g/mol. The molecule has 0 spiro atoms. The molecule has 6 heteroatoms. The van der Waals surface area contributed by atoms with Crippen molar-refractivity contribution in [3.63, 3.8) is 0 Å². The minimum atomic E-state index is -3.23. The van der Waals surface area contributed by atoms with E-state index in [-0.39, 0.29) is 24.1 Å². The van der Waals surface area contributed by atoms with Gasteiger partial charge in [-0.15, -0.1) is 0 Å². The molecule has 1 saturated heterocycles. The number of hydrogen-bond donors (Lipinski definition) is 1. The van der Waals surface area contributed by atoms with Gasteiger partial charge in [-0.1, -0.05) is 20.8 Å². The van der Waals surface area contributed by atoms with Crippen LogP contribution in [0.3, 0.4) is 0 Å². The quantitative estimate of drug-likeness (QED) is 0.792. The van der Waals surface area contributed by atoms with Gasteiger partial charge in [-0.05, 0) is 11.8 Å².